The average Bonchev–Trinajstić information content (AvgIpc) is 3.17. The summed E-state index contributed by atoms with van der Waals surface area (Å²) >= 11 is 0. The lowest BCUT2D eigenvalue weighted by Gasteiger charge is -2.29. The monoisotopic (exact) mass is 774 g/mol. The zero-order valence-corrected chi connectivity index (χ0v) is 33.8. The summed E-state index contributed by atoms with van der Waals surface area (Å²) in [5.74, 6) is -0.371. The van der Waals surface area contributed by atoms with E-state index >= 15 is 0 Å². The minimum absolute atomic E-state index is 0.0990. The SMILES string of the molecule is CCCCC(C)(C)c1ccc2c(-c3ccc(OS(=O)(=O)C(F)(F)F)c4ccccc34)c3cc(C(C)(C)CCCC)ccc3c(-c3cccc4ccccc34)c2c1. The van der Waals surface area contributed by atoms with Crippen LogP contribution in [0.25, 0.3) is 65.3 Å². The Bertz CT molecular complexity index is 2700. The van der Waals surface area contributed by atoms with Gasteiger partial charge in [-0.2, -0.15) is 21.6 Å². The van der Waals surface area contributed by atoms with E-state index in [0.717, 1.165) is 93.1 Å². The Kier molecular flexibility index (Phi) is 10.5. The molecule has 0 atom stereocenters. The highest BCUT2D eigenvalue weighted by molar-refractivity contribution is 7.88. The molecule has 7 aromatic rings. The van der Waals surface area contributed by atoms with Crippen LogP contribution in [0.3, 0.4) is 0 Å². The fourth-order valence-corrected chi connectivity index (χ4v) is 8.82. The minimum atomic E-state index is -5.90. The van der Waals surface area contributed by atoms with Crippen LogP contribution in [0.15, 0.2) is 115 Å². The zero-order valence-electron chi connectivity index (χ0n) is 33.0. The van der Waals surface area contributed by atoms with Gasteiger partial charge in [0.2, 0.25) is 0 Å². The first-order chi connectivity index (χ1) is 26.6. The van der Waals surface area contributed by atoms with Gasteiger partial charge in [-0.05, 0) is 119 Å². The van der Waals surface area contributed by atoms with Gasteiger partial charge in [0, 0.05) is 5.39 Å². The van der Waals surface area contributed by atoms with Gasteiger partial charge in [-0.1, -0.05) is 158 Å². The number of hydrogen-bond donors (Lipinski definition) is 0. The van der Waals surface area contributed by atoms with E-state index in [4.69, 9.17) is 4.18 Å². The van der Waals surface area contributed by atoms with E-state index in [9.17, 15) is 21.6 Å². The van der Waals surface area contributed by atoms with E-state index < -0.39 is 15.6 Å². The second-order valence-electron chi connectivity index (χ2n) is 16.4. The lowest BCUT2D eigenvalue weighted by Crippen LogP contribution is -2.28. The van der Waals surface area contributed by atoms with Crippen molar-refractivity contribution in [3.8, 4) is 28.0 Å². The molecule has 0 saturated carbocycles. The summed E-state index contributed by atoms with van der Waals surface area (Å²) in [5.41, 5.74) is 0.589. The number of halogens is 3. The van der Waals surface area contributed by atoms with E-state index in [1.807, 2.05) is 12.1 Å². The van der Waals surface area contributed by atoms with Crippen molar-refractivity contribution in [1.82, 2.24) is 0 Å². The molecule has 0 heterocycles. The molecule has 56 heavy (non-hydrogen) atoms. The van der Waals surface area contributed by atoms with Gasteiger partial charge in [-0.25, -0.2) is 0 Å². The smallest absolute Gasteiger partial charge is 0.375 e. The lowest BCUT2D eigenvalue weighted by molar-refractivity contribution is -0.0499. The van der Waals surface area contributed by atoms with Crippen molar-refractivity contribution in [3.05, 3.63) is 126 Å². The molecule has 0 aliphatic rings. The molecule has 290 valence electrons. The van der Waals surface area contributed by atoms with Gasteiger partial charge in [-0.15, -0.1) is 0 Å². The molecule has 7 heteroatoms. The maximum Gasteiger partial charge on any atom is 0.534 e. The van der Waals surface area contributed by atoms with Crippen LogP contribution in [0, 0.1) is 0 Å². The maximum atomic E-state index is 13.6. The number of benzene rings is 7. The highest BCUT2D eigenvalue weighted by atomic mass is 32.2. The Morgan fingerprint density at radius 3 is 1.54 bits per heavy atom. The Morgan fingerprint density at radius 2 is 1.00 bits per heavy atom. The van der Waals surface area contributed by atoms with E-state index in [-0.39, 0.29) is 22.0 Å². The summed E-state index contributed by atoms with van der Waals surface area (Å²) < 4.78 is 70.1. The molecule has 7 rings (SSSR count). The number of alkyl halides is 3. The zero-order chi connectivity index (χ0) is 40.0. The van der Waals surface area contributed by atoms with Crippen molar-refractivity contribution in [3.63, 3.8) is 0 Å². The van der Waals surface area contributed by atoms with Crippen molar-refractivity contribution in [2.45, 2.75) is 96.4 Å². The van der Waals surface area contributed by atoms with Gasteiger partial charge in [-0.3, -0.25) is 0 Å². The number of unbranched alkanes of at least 4 members (excludes halogenated alkanes) is 2. The molecule has 0 spiro atoms. The van der Waals surface area contributed by atoms with Gasteiger partial charge in [0.15, 0.2) is 5.75 Å². The van der Waals surface area contributed by atoms with Crippen LogP contribution >= 0.6 is 0 Å². The highest BCUT2D eigenvalue weighted by Gasteiger charge is 2.48. The Balaban J connectivity index is 1.65. The number of rotatable bonds is 12. The molecule has 0 saturated heterocycles. The minimum Gasteiger partial charge on any atom is -0.375 e. The van der Waals surface area contributed by atoms with Crippen LogP contribution in [0.2, 0.25) is 0 Å². The van der Waals surface area contributed by atoms with Crippen LogP contribution in [0.1, 0.15) is 91.2 Å². The quantitative estimate of drug-likeness (QED) is 0.0705. The van der Waals surface area contributed by atoms with Crippen molar-refractivity contribution >= 4 is 53.2 Å². The fraction of sp³-hybridized carbons (Fsp3) is 0.306. The van der Waals surface area contributed by atoms with Gasteiger partial charge in [0.25, 0.3) is 0 Å². The van der Waals surface area contributed by atoms with Crippen molar-refractivity contribution in [2.75, 3.05) is 0 Å². The molecule has 0 fully saturated rings. The molecule has 0 aliphatic heterocycles. The maximum absolute atomic E-state index is 13.6. The predicted octanol–water partition coefficient (Wildman–Crippen LogP) is 14.8. The third-order valence-corrected chi connectivity index (χ3v) is 12.7. The van der Waals surface area contributed by atoms with E-state index in [1.165, 1.54) is 17.2 Å². The molecular formula is C49H49F3O3S. The van der Waals surface area contributed by atoms with Crippen LogP contribution in [0.4, 0.5) is 13.2 Å². The third kappa shape index (κ3) is 7.15. The molecule has 0 aliphatic carbocycles. The van der Waals surface area contributed by atoms with Gasteiger partial charge in [0.05, 0.1) is 0 Å². The van der Waals surface area contributed by atoms with Crippen molar-refractivity contribution < 1.29 is 25.8 Å². The largest absolute Gasteiger partial charge is 0.534 e. The summed E-state index contributed by atoms with van der Waals surface area (Å²) in [4.78, 5) is 0. The molecule has 0 radical (unpaired) electrons. The summed E-state index contributed by atoms with van der Waals surface area (Å²) in [6.45, 7) is 13.6. The van der Waals surface area contributed by atoms with Gasteiger partial charge < -0.3 is 4.18 Å². The van der Waals surface area contributed by atoms with Crippen LogP contribution in [-0.2, 0) is 20.9 Å². The molecule has 0 amide bonds. The number of hydrogen-bond acceptors (Lipinski definition) is 3. The first-order valence-corrected chi connectivity index (χ1v) is 21.0. The summed E-state index contributed by atoms with van der Waals surface area (Å²) in [5, 5.41) is 7.30. The molecule has 7 aromatic carbocycles. The number of fused-ring (bicyclic) bond motifs is 4. The van der Waals surface area contributed by atoms with Crippen LogP contribution in [-0.4, -0.2) is 13.9 Å². The predicted molar refractivity (Wildman–Crippen MR) is 228 cm³/mol. The standard InChI is InChI=1S/C49H49F3O3S/c1-7-9-28-47(3,4)33-23-25-41-42(30-33)45(38-21-15-17-32-16-11-12-18-35(32)38)40-24-22-34(48(5,6)29-10-8-2)31-43(40)46(41)39-26-27-44(37-20-14-13-19-36(37)39)55-56(53,54)49(50,51)52/h11-27,30-31H,7-10,28-29H2,1-6H3. The first kappa shape index (κ1) is 39.4. The molecular weight excluding hydrogens is 726 g/mol. The first-order valence-electron chi connectivity index (χ1n) is 19.6. The summed E-state index contributed by atoms with van der Waals surface area (Å²) in [6.07, 6.45) is 6.40. The average molecular weight is 775 g/mol. The third-order valence-electron chi connectivity index (χ3n) is 11.7. The lowest BCUT2D eigenvalue weighted by atomic mass is 9.75. The van der Waals surface area contributed by atoms with Crippen LogP contribution in [0.5, 0.6) is 5.75 Å². The Morgan fingerprint density at radius 1 is 0.518 bits per heavy atom. The second kappa shape index (κ2) is 14.9. The summed E-state index contributed by atoms with van der Waals surface area (Å²) in [7, 11) is -5.90. The van der Waals surface area contributed by atoms with Crippen molar-refractivity contribution in [2.24, 2.45) is 0 Å². The fourth-order valence-electron chi connectivity index (χ4n) is 8.35. The van der Waals surface area contributed by atoms with E-state index in [1.54, 1.807) is 18.2 Å². The molecule has 0 aromatic heterocycles. The van der Waals surface area contributed by atoms with Gasteiger partial charge in [0.1, 0.15) is 0 Å². The molecule has 0 bridgehead atoms. The Hall–Kier alpha value is -4.88. The summed E-state index contributed by atoms with van der Waals surface area (Å²) in [6, 6.07) is 38.5. The topological polar surface area (TPSA) is 43.4 Å². The van der Waals surface area contributed by atoms with E-state index in [2.05, 4.69) is 120 Å². The molecule has 0 N–H and O–H groups in total. The van der Waals surface area contributed by atoms with Crippen molar-refractivity contribution in [1.29, 1.82) is 0 Å². The molecule has 3 nitrogen and oxygen atoms in total. The van der Waals surface area contributed by atoms with Gasteiger partial charge >= 0.3 is 15.6 Å². The second-order valence-corrected chi connectivity index (χ2v) is 18.0. The highest BCUT2D eigenvalue weighted by Crippen LogP contribution is 2.50. The Labute approximate surface area is 328 Å². The molecule has 0 unspecified atom stereocenters. The van der Waals surface area contributed by atoms with Crippen LogP contribution < -0.4 is 4.18 Å². The van der Waals surface area contributed by atoms with E-state index in [0.29, 0.717) is 5.39 Å². The normalized spacial score (nSPS) is 12.9.